The molecule has 0 saturated carbocycles. The Hall–Kier alpha value is -3.52. The second-order valence-corrected chi connectivity index (χ2v) is 6.29. The quantitative estimate of drug-likeness (QED) is 0.399. The molecule has 0 atom stereocenters. The van der Waals surface area contributed by atoms with Crippen LogP contribution < -0.4 is 15.8 Å². The Labute approximate surface area is 169 Å². The highest BCUT2D eigenvalue weighted by Gasteiger charge is 2.10. The van der Waals surface area contributed by atoms with Crippen molar-refractivity contribution in [3.05, 3.63) is 71.8 Å². The van der Waals surface area contributed by atoms with E-state index in [0.29, 0.717) is 37.2 Å². The number of benzene rings is 1. The molecule has 8 heteroatoms. The van der Waals surface area contributed by atoms with Crippen molar-refractivity contribution in [3.8, 4) is 5.88 Å². The number of carbonyl (C=O) groups is 1. The first kappa shape index (κ1) is 20.2. The maximum atomic E-state index is 12.5. The maximum absolute atomic E-state index is 12.5. The maximum Gasteiger partial charge on any atom is 0.232 e. The second kappa shape index (κ2) is 10.1. The summed E-state index contributed by atoms with van der Waals surface area (Å²) < 4.78 is 10.3. The summed E-state index contributed by atoms with van der Waals surface area (Å²) in [4.78, 5) is 24.8. The number of methoxy groups -OCH3 is 1. The number of nitrogens with two attached hydrogens (primary N) is 1. The summed E-state index contributed by atoms with van der Waals surface area (Å²) in [5.41, 5.74) is 8.85. The molecule has 0 bridgehead atoms. The summed E-state index contributed by atoms with van der Waals surface area (Å²) in [6, 6.07) is 11.5. The van der Waals surface area contributed by atoms with Crippen LogP contribution in [0.3, 0.4) is 0 Å². The number of nitrogens with one attached hydrogen (secondary N) is 1. The summed E-state index contributed by atoms with van der Waals surface area (Å²) in [7, 11) is 1.59. The van der Waals surface area contributed by atoms with Crippen LogP contribution in [0.1, 0.15) is 21.6 Å². The lowest BCUT2D eigenvalue weighted by Gasteiger charge is -2.09. The van der Waals surface area contributed by atoms with Crippen LogP contribution in [-0.4, -0.2) is 41.1 Å². The van der Waals surface area contributed by atoms with Crippen molar-refractivity contribution in [2.45, 2.75) is 13.0 Å². The molecule has 0 fully saturated rings. The average molecular weight is 393 g/mol. The van der Waals surface area contributed by atoms with Crippen LogP contribution >= 0.6 is 0 Å². The van der Waals surface area contributed by atoms with Gasteiger partial charge in [-0.2, -0.15) is 0 Å². The van der Waals surface area contributed by atoms with E-state index < -0.39 is 0 Å². The van der Waals surface area contributed by atoms with Gasteiger partial charge in [0.05, 0.1) is 24.7 Å². The molecule has 2 aromatic heterocycles. The lowest BCUT2D eigenvalue weighted by molar-refractivity contribution is 0.0987. The third kappa shape index (κ3) is 5.98. The molecule has 0 amide bonds. The van der Waals surface area contributed by atoms with Gasteiger partial charge in [0, 0.05) is 26.3 Å². The minimum absolute atomic E-state index is 0.109. The molecule has 0 aliphatic carbocycles. The van der Waals surface area contributed by atoms with Gasteiger partial charge in [-0.3, -0.25) is 4.79 Å². The van der Waals surface area contributed by atoms with E-state index in [9.17, 15) is 4.79 Å². The van der Waals surface area contributed by atoms with Gasteiger partial charge in [-0.25, -0.2) is 15.0 Å². The minimum Gasteiger partial charge on any atom is -0.474 e. The van der Waals surface area contributed by atoms with Crippen LogP contribution in [0, 0.1) is 0 Å². The van der Waals surface area contributed by atoms with Crippen molar-refractivity contribution >= 4 is 17.3 Å². The van der Waals surface area contributed by atoms with Gasteiger partial charge < -0.3 is 20.5 Å². The predicted octanol–water partition coefficient (Wildman–Crippen LogP) is 2.52. The molecule has 1 aromatic carbocycles. The molecule has 3 aromatic rings. The van der Waals surface area contributed by atoms with Crippen molar-refractivity contribution in [1.82, 2.24) is 15.0 Å². The van der Waals surface area contributed by atoms with Gasteiger partial charge in [-0.05, 0) is 23.3 Å². The molecule has 8 nitrogen and oxygen atoms in total. The van der Waals surface area contributed by atoms with Gasteiger partial charge in [0.1, 0.15) is 18.1 Å². The highest BCUT2D eigenvalue weighted by atomic mass is 16.5. The lowest BCUT2D eigenvalue weighted by atomic mass is 10.0. The van der Waals surface area contributed by atoms with Gasteiger partial charge in [-0.15, -0.1) is 0 Å². The minimum atomic E-state index is -0.109. The van der Waals surface area contributed by atoms with Gasteiger partial charge in [0.15, 0.2) is 5.78 Å². The Bertz CT molecular complexity index is 947. The van der Waals surface area contributed by atoms with Crippen molar-refractivity contribution in [2.24, 2.45) is 0 Å². The molecular formula is C21H23N5O3. The summed E-state index contributed by atoms with van der Waals surface area (Å²) in [5, 5.41) is 3.25. The number of nitrogen functional groups attached to an aromatic ring is 1. The summed E-state index contributed by atoms with van der Waals surface area (Å²) in [6.45, 7) is 1.41. The van der Waals surface area contributed by atoms with Crippen LogP contribution in [0.25, 0.3) is 0 Å². The van der Waals surface area contributed by atoms with Gasteiger partial charge >= 0.3 is 0 Å². The van der Waals surface area contributed by atoms with E-state index in [1.54, 1.807) is 13.3 Å². The fraction of sp³-hybridized carbons (Fsp3) is 0.238. The fourth-order valence-electron chi connectivity index (χ4n) is 2.65. The van der Waals surface area contributed by atoms with Crippen LogP contribution in [-0.2, 0) is 17.7 Å². The fourth-order valence-corrected chi connectivity index (χ4v) is 2.65. The van der Waals surface area contributed by atoms with E-state index in [2.05, 4.69) is 20.3 Å². The predicted molar refractivity (Wildman–Crippen MR) is 110 cm³/mol. The van der Waals surface area contributed by atoms with Crippen molar-refractivity contribution in [2.75, 3.05) is 31.4 Å². The second-order valence-electron chi connectivity index (χ2n) is 6.29. The zero-order valence-electron chi connectivity index (χ0n) is 16.2. The number of hydrogen-bond donors (Lipinski definition) is 2. The Morgan fingerprint density at radius 1 is 1.07 bits per heavy atom. The summed E-state index contributed by atoms with van der Waals surface area (Å²) in [6.07, 6.45) is 4.76. The van der Waals surface area contributed by atoms with Crippen molar-refractivity contribution in [1.29, 1.82) is 0 Å². The highest BCUT2D eigenvalue weighted by molar-refractivity contribution is 5.95. The van der Waals surface area contributed by atoms with Crippen LogP contribution in [0.15, 0.2) is 55.0 Å². The molecule has 0 spiro atoms. The third-order valence-electron chi connectivity index (χ3n) is 4.13. The molecule has 0 radical (unpaired) electrons. The van der Waals surface area contributed by atoms with E-state index in [1.807, 2.05) is 36.4 Å². The molecule has 0 unspecified atom stereocenters. The Morgan fingerprint density at radius 3 is 2.69 bits per heavy atom. The molecule has 0 aliphatic rings. The zero-order valence-corrected chi connectivity index (χ0v) is 16.2. The van der Waals surface area contributed by atoms with Crippen molar-refractivity contribution < 1.29 is 14.3 Å². The standard InChI is InChI=1S/C21H23N5O3/c1-28-8-9-29-20-14-25-18(13-26-20)19(27)11-15-4-2-5-16(10-15)12-24-17-6-3-7-23-21(17)22/h2-7,10,13-14,24H,8-9,11-12H2,1H3,(H2,22,23). The topological polar surface area (TPSA) is 112 Å². The SMILES string of the molecule is COCCOc1cnc(C(=O)Cc2cccc(CNc3cccnc3N)c2)cn1. The number of nitrogens with zero attached hydrogens (tertiary/aromatic N) is 3. The van der Waals surface area contributed by atoms with Crippen LogP contribution in [0.2, 0.25) is 0 Å². The molecule has 3 rings (SSSR count). The smallest absolute Gasteiger partial charge is 0.232 e. The molecule has 150 valence electrons. The van der Waals surface area contributed by atoms with Gasteiger partial charge in [0.25, 0.3) is 0 Å². The largest absolute Gasteiger partial charge is 0.474 e. The molecule has 0 aliphatic heterocycles. The van der Waals surface area contributed by atoms with Crippen LogP contribution in [0.4, 0.5) is 11.5 Å². The molecule has 0 saturated heterocycles. The molecule has 2 heterocycles. The van der Waals surface area contributed by atoms with Gasteiger partial charge in [-0.1, -0.05) is 24.3 Å². The molecular weight excluding hydrogens is 370 g/mol. The normalized spacial score (nSPS) is 10.5. The van der Waals surface area contributed by atoms with E-state index in [1.165, 1.54) is 12.4 Å². The van der Waals surface area contributed by atoms with E-state index >= 15 is 0 Å². The van der Waals surface area contributed by atoms with Crippen LogP contribution in [0.5, 0.6) is 5.88 Å². The monoisotopic (exact) mass is 393 g/mol. The number of ether oxygens (including phenoxy) is 2. The number of pyridine rings is 1. The number of hydrogen-bond acceptors (Lipinski definition) is 8. The number of rotatable bonds is 10. The van der Waals surface area contributed by atoms with E-state index in [-0.39, 0.29) is 12.2 Å². The third-order valence-corrected chi connectivity index (χ3v) is 4.13. The molecule has 29 heavy (non-hydrogen) atoms. The first-order valence-electron chi connectivity index (χ1n) is 9.15. The highest BCUT2D eigenvalue weighted by Crippen LogP contribution is 2.16. The number of ketones is 1. The Morgan fingerprint density at radius 2 is 1.93 bits per heavy atom. The first-order chi connectivity index (χ1) is 14.2. The Kier molecular flexibility index (Phi) is 7.07. The lowest BCUT2D eigenvalue weighted by Crippen LogP contribution is -2.09. The number of carbonyl (C=O) groups excluding carboxylic acids is 1. The number of anilines is 2. The molecule has 3 N–H and O–H groups in total. The van der Waals surface area contributed by atoms with E-state index in [0.717, 1.165) is 16.8 Å². The first-order valence-corrected chi connectivity index (χ1v) is 9.15. The number of aromatic nitrogens is 3. The summed E-state index contributed by atoms with van der Waals surface area (Å²) in [5.74, 6) is 0.705. The number of Topliss-reactive ketones (excluding diaryl/α,β-unsaturated/α-hetero) is 1. The van der Waals surface area contributed by atoms with Gasteiger partial charge in [0.2, 0.25) is 5.88 Å². The summed E-state index contributed by atoms with van der Waals surface area (Å²) >= 11 is 0. The van der Waals surface area contributed by atoms with Crippen molar-refractivity contribution in [3.63, 3.8) is 0 Å². The average Bonchev–Trinajstić information content (AvgIpc) is 2.74. The zero-order chi connectivity index (χ0) is 20.5. The Balaban J connectivity index is 1.58. The van der Waals surface area contributed by atoms with E-state index in [4.69, 9.17) is 15.2 Å².